The molecule has 21 heavy (non-hydrogen) atoms. The number of nitro groups is 1. The summed E-state index contributed by atoms with van der Waals surface area (Å²) in [7, 11) is 2.87. The van der Waals surface area contributed by atoms with Crippen molar-refractivity contribution >= 4 is 23.4 Å². The van der Waals surface area contributed by atoms with Crippen LogP contribution in [0.3, 0.4) is 0 Å². The first-order valence-electron chi connectivity index (χ1n) is 6.35. The van der Waals surface area contributed by atoms with Crippen molar-refractivity contribution in [2.75, 3.05) is 32.7 Å². The van der Waals surface area contributed by atoms with E-state index < -0.39 is 10.9 Å². The number of benzene rings is 1. The van der Waals surface area contributed by atoms with E-state index in [0.29, 0.717) is 24.4 Å². The molecule has 1 rings (SSSR count). The highest BCUT2D eigenvalue weighted by Crippen LogP contribution is 2.26. The van der Waals surface area contributed by atoms with Crippen LogP contribution < -0.4 is 5.32 Å². The van der Waals surface area contributed by atoms with E-state index in [0.717, 1.165) is 6.42 Å². The van der Waals surface area contributed by atoms with E-state index in [4.69, 9.17) is 4.74 Å². The lowest BCUT2D eigenvalue weighted by atomic mass is 10.1. The number of esters is 1. The Kier molecular flexibility index (Phi) is 6.90. The van der Waals surface area contributed by atoms with Gasteiger partial charge in [0.05, 0.1) is 12.0 Å². The van der Waals surface area contributed by atoms with Crippen LogP contribution in [0.1, 0.15) is 12.0 Å². The SMILES string of the molecule is COCCCNc1ccc(/C=C/C(=O)OC)cc1[N+](=O)[O-]. The van der Waals surface area contributed by atoms with Crippen molar-refractivity contribution in [1.29, 1.82) is 0 Å². The van der Waals surface area contributed by atoms with Gasteiger partial charge in [-0.05, 0) is 24.1 Å². The van der Waals surface area contributed by atoms with Crippen LogP contribution in [0.15, 0.2) is 24.3 Å². The van der Waals surface area contributed by atoms with Crippen molar-refractivity contribution in [3.05, 3.63) is 40.0 Å². The summed E-state index contributed by atoms with van der Waals surface area (Å²) in [6, 6.07) is 4.70. The zero-order chi connectivity index (χ0) is 15.7. The Labute approximate surface area is 122 Å². The number of ether oxygens (including phenoxy) is 2. The molecular weight excluding hydrogens is 276 g/mol. The number of carbonyl (C=O) groups is 1. The van der Waals surface area contributed by atoms with Crippen molar-refractivity contribution in [1.82, 2.24) is 0 Å². The molecule has 7 heteroatoms. The van der Waals surface area contributed by atoms with E-state index in [9.17, 15) is 14.9 Å². The highest BCUT2D eigenvalue weighted by Gasteiger charge is 2.13. The van der Waals surface area contributed by atoms with Gasteiger partial charge in [-0.3, -0.25) is 10.1 Å². The minimum absolute atomic E-state index is 0.0422. The van der Waals surface area contributed by atoms with Gasteiger partial charge in [0.2, 0.25) is 0 Å². The Morgan fingerprint density at radius 3 is 2.81 bits per heavy atom. The van der Waals surface area contributed by atoms with Gasteiger partial charge in [0, 0.05) is 32.4 Å². The third kappa shape index (κ3) is 5.62. The summed E-state index contributed by atoms with van der Waals surface area (Å²) in [5.41, 5.74) is 0.945. The lowest BCUT2D eigenvalue weighted by molar-refractivity contribution is -0.384. The van der Waals surface area contributed by atoms with Gasteiger partial charge >= 0.3 is 5.97 Å². The molecule has 1 N–H and O–H groups in total. The van der Waals surface area contributed by atoms with Gasteiger partial charge in [0.15, 0.2) is 0 Å². The van der Waals surface area contributed by atoms with Crippen LogP contribution in [0.5, 0.6) is 0 Å². The molecule has 1 aromatic carbocycles. The van der Waals surface area contributed by atoms with Gasteiger partial charge in [-0.15, -0.1) is 0 Å². The maximum Gasteiger partial charge on any atom is 0.330 e. The molecule has 0 bridgehead atoms. The van der Waals surface area contributed by atoms with Gasteiger partial charge < -0.3 is 14.8 Å². The summed E-state index contributed by atoms with van der Waals surface area (Å²) in [6.45, 7) is 1.16. The number of carbonyl (C=O) groups excluding carboxylic acids is 1. The average Bonchev–Trinajstić information content (AvgIpc) is 2.49. The second-order valence-electron chi connectivity index (χ2n) is 4.16. The minimum atomic E-state index is -0.514. The number of hydrogen-bond acceptors (Lipinski definition) is 6. The first-order valence-corrected chi connectivity index (χ1v) is 6.35. The highest BCUT2D eigenvalue weighted by molar-refractivity contribution is 5.87. The summed E-state index contributed by atoms with van der Waals surface area (Å²) in [4.78, 5) is 21.6. The van der Waals surface area contributed by atoms with Gasteiger partial charge in [-0.25, -0.2) is 4.79 Å². The normalized spacial score (nSPS) is 10.6. The first kappa shape index (κ1) is 16.6. The fourth-order valence-corrected chi connectivity index (χ4v) is 1.62. The molecule has 0 heterocycles. The average molecular weight is 294 g/mol. The molecule has 0 spiro atoms. The van der Waals surface area contributed by atoms with E-state index in [2.05, 4.69) is 10.1 Å². The van der Waals surface area contributed by atoms with Crippen LogP contribution in [0.2, 0.25) is 0 Å². The van der Waals surface area contributed by atoms with Crippen LogP contribution in [-0.2, 0) is 14.3 Å². The quantitative estimate of drug-likeness (QED) is 0.260. The molecule has 0 amide bonds. The summed E-state index contributed by atoms with van der Waals surface area (Å²) < 4.78 is 9.38. The number of rotatable bonds is 8. The fourth-order valence-electron chi connectivity index (χ4n) is 1.62. The molecule has 0 aliphatic heterocycles. The number of hydrogen-bond donors (Lipinski definition) is 1. The Bertz CT molecular complexity index is 528. The van der Waals surface area contributed by atoms with Crippen molar-refractivity contribution in [2.24, 2.45) is 0 Å². The number of anilines is 1. The van der Waals surface area contributed by atoms with E-state index >= 15 is 0 Å². The highest BCUT2D eigenvalue weighted by atomic mass is 16.6. The van der Waals surface area contributed by atoms with Crippen LogP contribution >= 0.6 is 0 Å². The maximum atomic E-state index is 11.1. The smallest absolute Gasteiger partial charge is 0.330 e. The minimum Gasteiger partial charge on any atom is -0.466 e. The van der Waals surface area contributed by atoms with Gasteiger partial charge in [0.25, 0.3) is 5.69 Å². The molecule has 7 nitrogen and oxygen atoms in total. The molecule has 0 fully saturated rings. The molecule has 1 aromatic rings. The zero-order valence-electron chi connectivity index (χ0n) is 12.0. The fraction of sp³-hybridized carbons (Fsp3) is 0.357. The summed E-state index contributed by atoms with van der Waals surface area (Å²) in [6.07, 6.45) is 3.43. The number of nitrogens with one attached hydrogen (secondary N) is 1. The van der Waals surface area contributed by atoms with E-state index in [-0.39, 0.29) is 5.69 Å². The molecule has 0 unspecified atom stereocenters. The molecular formula is C14H18N2O5. The predicted octanol–water partition coefficient (Wildman–Crippen LogP) is 2.23. The van der Waals surface area contributed by atoms with Crippen LogP contribution in [0.25, 0.3) is 6.08 Å². The number of nitro benzene ring substituents is 1. The molecule has 0 aromatic heterocycles. The third-order valence-electron chi connectivity index (χ3n) is 2.67. The Hall–Kier alpha value is -2.41. The zero-order valence-corrected chi connectivity index (χ0v) is 12.0. The molecule has 0 saturated carbocycles. The molecule has 0 atom stereocenters. The van der Waals surface area contributed by atoms with Crippen LogP contribution in [-0.4, -0.2) is 38.3 Å². The molecule has 0 radical (unpaired) electrons. The maximum absolute atomic E-state index is 11.1. The van der Waals surface area contributed by atoms with Gasteiger partial charge in [-0.1, -0.05) is 6.07 Å². The largest absolute Gasteiger partial charge is 0.466 e. The predicted molar refractivity (Wildman–Crippen MR) is 79.1 cm³/mol. The van der Waals surface area contributed by atoms with E-state index in [1.54, 1.807) is 19.2 Å². The van der Waals surface area contributed by atoms with Crippen LogP contribution in [0.4, 0.5) is 11.4 Å². The second kappa shape index (κ2) is 8.70. The third-order valence-corrected chi connectivity index (χ3v) is 2.67. The Morgan fingerprint density at radius 1 is 1.43 bits per heavy atom. The van der Waals surface area contributed by atoms with Crippen molar-refractivity contribution in [2.45, 2.75) is 6.42 Å². The van der Waals surface area contributed by atoms with Crippen molar-refractivity contribution < 1.29 is 19.2 Å². The molecule has 0 aliphatic carbocycles. The summed E-state index contributed by atoms with van der Waals surface area (Å²) >= 11 is 0. The summed E-state index contributed by atoms with van der Waals surface area (Å²) in [5, 5.41) is 14.1. The van der Waals surface area contributed by atoms with E-state index in [1.165, 1.54) is 25.3 Å². The van der Waals surface area contributed by atoms with Gasteiger partial charge in [0.1, 0.15) is 5.69 Å². The standard InChI is InChI=1S/C14H18N2O5/c1-20-9-3-8-15-12-6-4-11(5-7-14(17)21-2)10-13(12)16(18)19/h4-7,10,15H,3,8-9H2,1-2H3/b7-5+. The molecule has 0 aliphatic rings. The monoisotopic (exact) mass is 294 g/mol. The molecule has 114 valence electrons. The number of nitrogens with zero attached hydrogens (tertiary/aromatic N) is 1. The Morgan fingerprint density at radius 2 is 2.19 bits per heavy atom. The lowest BCUT2D eigenvalue weighted by Crippen LogP contribution is -2.06. The Balaban J connectivity index is 2.84. The van der Waals surface area contributed by atoms with E-state index in [1.807, 2.05) is 0 Å². The van der Waals surface area contributed by atoms with Crippen molar-refractivity contribution in [3.8, 4) is 0 Å². The molecule has 0 saturated heterocycles. The first-order chi connectivity index (χ1) is 10.1. The second-order valence-corrected chi connectivity index (χ2v) is 4.16. The lowest BCUT2D eigenvalue weighted by Gasteiger charge is -2.07. The van der Waals surface area contributed by atoms with Crippen LogP contribution in [0, 0.1) is 10.1 Å². The summed E-state index contributed by atoms with van der Waals surface area (Å²) in [5.74, 6) is -0.514. The van der Waals surface area contributed by atoms with Crippen molar-refractivity contribution in [3.63, 3.8) is 0 Å². The topological polar surface area (TPSA) is 90.7 Å². The van der Waals surface area contributed by atoms with Gasteiger partial charge in [-0.2, -0.15) is 0 Å². The number of methoxy groups -OCH3 is 2.